The van der Waals surface area contributed by atoms with Crippen molar-refractivity contribution in [1.82, 2.24) is 10.2 Å². The maximum atomic E-state index is 12.0. The number of benzene rings is 2. The molecule has 0 spiro atoms. The molecule has 0 saturated heterocycles. The first-order chi connectivity index (χ1) is 10.2. The van der Waals surface area contributed by atoms with Crippen LogP contribution in [0.3, 0.4) is 0 Å². The smallest absolute Gasteiger partial charge is 0.307 e. The molecular weight excluding hydrogens is 264 g/mol. The first-order valence-electron chi connectivity index (χ1n) is 6.89. The van der Waals surface area contributed by atoms with Crippen LogP contribution in [0.2, 0.25) is 0 Å². The second-order valence-corrected chi connectivity index (χ2v) is 5.14. The molecule has 0 saturated carbocycles. The van der Waals surface area contributed by atoms with Gasteiger partial charge in [-0.2, -0.15) is 5.10 Å². The Labute approximate surface area is 122 Å². The highest BCUT2D eigenvalue weighted by Gasteiger charge is 2.14. The Bertz CT molecular complexity index is 832. The van der Waals surface area contributed by atoms with Gasteiger partial charge in [0.25, 0.3) is 0 Å². The average Bonchev–Trinajstić information content (AvgIpc) is 2.48. The molecule has 106 valence electrons. The lowest BCUT2D eigenvalue weighted by molar-refractivity contribution is 0.239. The van der Waals surface area contributed by atoms with Crippen molar-refractivity contribution in [3.05, 3.63) is 59.0 Å². The zero-order chi connectivity index (χ0) is 14.8. The molecule has 4 heteroatoms. The van der Waals surface area contributed by atoms with E-state index >= 15 is 0 Å². The van der Waals surface area contributed by atoms with Crippen molar-refractivity contribution in [3.63, 3.8) is 0 Å². The van der Waals surface area contributed by atoms with Gasteiger partial charge < -0.3 is 4.74 Å². The van der Waals surface area contributed by atoms with Crippen molar-refractivity contribution in [1.29, 1.82) is 0 Å². The van der Waals surface area contributed by atoms with E-state index in [1.54, 1.807) is 6.20 Å². The number of hydrogen-bond acceptors (Lipinski definition) is 3. The van der Waals surface area contributed by atoms with Crippen LogP contribution in [-0.4, -0.2) is 16.3 Å². The van der Waals surface area contributed by atoms with E-state index in [0.717, 1.165) is 16.3 Å². The maximum Gasteiger partial charge on any atom is 0.307 e. The third-order valence-corrected chi connectivity index (χ3v) is 3.24. The molecule has 0 radical (unpaired) electrons. The molecule has 0 amide bonds. The molecule has 0 unspecified atom stereocenters. The Balaban J connectivity index is 2.28. The maximum absolute atomic E-state index is 12.0. The Hall–Kier alpha value is -2.62. The van der Waals surface area contributed by atoms with Gasteiger partial charge >= 0.3 is 5.56 Å². The van der Waals surface area contributed by atoms with Gasteiger partial charge in [-0.05, 0) is 30.2 Å². The van der Waals surface area contributed by atoms with E-state index in [2.05, 4.69) is 10.2 Å². The third-order valence-electron chi connectivity index (χ3n) is 3.24. The predicted molar refractivity (Wildman–Crippen MR) is 83.6 cm³/mol. The lowest BCUT2D eigenvalue weighted by Crippen LogP contribution is -2.17. The van der Waals surface area contributed by atoms with E-state index in [-0.39, 0.29) is 11.7 Å². The van der Waals surface area contributed by atoms with Crippen LogP contribution in [0.15, 0.2) is 53.5 Å². The highest BCUT2D eigenvalue weighted by molar-refractivity contribution is 5.97. The summed E-state index contributed by atoms with van der Waals surface area (Å²) in [5.74, 6) is 0.316. The van der Waals surface area contributed by atoms with Crippen molar-refractivity contribution in [2.75, 3.05) is 0 Å². The van der Waals surface area contributed by atoms with Crippen LogP contribution in [-0.2, 0) is 0 Å². The van der Waals surface area contributed by atoms with Gasteiger partial charge in [0.2, 0.25) is 0 Å². The molecule has 4 nitrogen and oxygen atoms in total. The van der Waals surface area contributed by atoms with Gasteiger partial charge in [0.05, 0.1) is 17.9 Å². The quantitative estimate of drug-likeness (QED) is 0.800. The number of rotatable bonds is 3. The lowest BCUT2D eigenvalue weighted by atomic mass is 9.99. The van der Waals surface area contributed by atoms with E-state index in [0.29, 0.717) is 11.3 Å². The van der Waals surface area contributed by atoms with Gasteiger partial charge in [0.15, 0.2) is 5.75 Å². The van der Waals surface area contributed by atoms with Gasteiger partial charge in [-0.3, -0.25) is 4.79 Å². The van der Waals surface area contributed by atoms with Crippen LogP contribution >= 0.6 is 0 Å². The zero-order valence-corrected chi connectivity index (χ0v) is 12.0. The molecule has 0 aliphatic heterocycles. The molecule has 0 aliphatic carbocycles. The second kappa shape index (κ2) is 5.40. The lowest BCUT2D eigenvalue weighted by Gasteiger charge is -2.14. The standard InChI is InChI=1S/C17H16N2O2/c1-11(2)21-16-15(10-18-19-17(16)20)14-9-5-7-12-6-3-4-8-13(12)14/h3-11H,1-2H3,(H,19,20). The summed E-state index contributed by atoms with van der Waals surface area (Å²) >= 11 is 0. The van der Waals surface area contributed by atoms with Crippen LogP contribution in [0.1, 0.15) is 13.8 Å². The number of nitrogens with one attached hydrogen (secondary N) is 1. The minimum atomic E-state index is -0.311. The fourth-order valence-electron chi connectivity index (χ4n) is 2.39. The molecule has 1 N–H and O–H groups in total. The number of hydrogen-bond donors (Lipinski definition) is 1. The van der Waals surface area contributed by atoms with E-state index in [1.807, 2.05) is 56.3 Å². The van der Waals surface area contributed by atoms with E-state index in [9.17, 15) is 4.79 Å². The number of H-pyrrole nitrogens is 1. The van der Waals surface area contributed by atoms with Crippen molar-refractivity contribution in [2.24, 2.45) is 0 Å². The summed E-state index contributed by atoms with van der Waals surface area (Å²) < 4.78 is 5.70. The summed E-state index contributed by atoms with van der Waals surface area (Å²) in [4.78, 5) is 12.0. The normalized spacial score (nSPS) is 11.0. The molecule has 1 aromatic heterocycles. The summed E-state index contributed by atoms with van der Waals surface area (Å²) in [6, 6.07) is 14.0. The number of ether oxygens (including phenoxy) is 1. The van der Waals surface area contributed by atoms with Crippen LogP contribution in [0.25, 0.3) is 21.9 Å². The molecule has 0 aliphatic rings. The Morgan fingerprint density at radius 1 is 1.05 bits per heavy atom. The Morgan fingerprint density at radius 2 is 1.81 bits per heavy atom. The number of aromatic nitrogens is 2. The largest absolute Gasteiger partial charge is 0.485 e. The van der Waals surface area contributed by atoms with E-state index in [1.165, 1.54) is 0 Å². The number of nitrogens with zero attached hydrogens (tertiary/aromatic N) is 1. The summed E-state index contributed by atoms with van der Waals surface area (Å²) in [6.07, 6.45) is 1.56. The fraction of sp³-hybridized carbons (Fsp3) is 0.176. The monoisotopic (exact) mass is 280 g/mol. The zero-order valence-electron chi connectivity index (χ0n) is 12.0. The molecule has 0 bridgehead atoms. The minimum absolute atomic E-state index is 0.0813. The van der Waals surface area contributed by atoms with E-state index < -0.39 is 0 Å². The van der Waals surface area contributed by atoms with Crippen LogP contribution in [0, 0.1) is 0 Å². The highest BCUT2D eigenvalue weighted by atomic mass is 16.5. The summed E-state index contributed by atoms with van der Waals surface area (Å²) in [5, 5.41) is 8.54. The van der Waals surface area contributed by atoms with Gasteiger partial charge in [-0.1, -0.05) is 42.5 Å². The summed E-state index contributed by atoms with van der Waals surface area (Å²) in [7, 11) is 0. The van der Waals surface area contributed by atoms with Gasteiger partial charge in [0, 0.05) is 0 Å². The van der Waals surface area contributed by atoms with Crippen molar-refractivity contribution >= 4 is 10.8 Å². The molecule has 2 aromatic carbocycles. The Kier molecular flexibility index (Phi) is 3.44. The topological polar surface area (TPSA) is 55.0 Å². The third kappa shape index (κ3) is 2.52. The molecule has 0 fully saturated rings. The summed E-state index contributed by atoms with van der Waals surface area (Å²) in [6.45, 7) is 3.79. The predicted octanol–water partition coefficient (Wildman–Crippen LogP) is 3.38. The minimum Gasteiger partial charge on any atom is -0.485 e. The number of fused-ring (bicyclic) bond motifs is 1. The molecule has 21 heavy (non-hydrogen) atoms. The Morgan fingerprint density at radius 3 is 2.62 bits per heavy atom. The van der Waals surface area contributed by atoms with Crippen LogP contribution in [0.4, 0.5) is 0 Å². The van der Waals surface area contributed by atoms with Crippen LogP contribution < -0.4 is 10.3 Å². The first-order valence-corrected chi connectivity index (χ1v) is 6.89. The second-order valence-electron chi connectivity index (χ2n) is 5.14. The fourth-order valence-corrected chi connectivity index (χ4v) is 2.39. The first kappa shape index (κ1) is 13.4. The van der Waals surface area contributed by atoms with E-state index in [4.69, 9.17) is 4.74 Å². The SMILES string of the molecule is CC(C)Oc1c(-c2cccc3ccccc23)cn[nH]c1=O. The van der Waals surface area contributed by atoms with Crippen LogP contribution in [0.5, 0.6) is 5.75 Å². The molecule has 3 rings (SSSR count). The van der Waals surface area contributed by atoms with Gasteiger partial charge in [0.1, 0.15) is 0 Å². The van der Waals surface area contributed by atoms with Crippen molar-refractivity contribution in [2.45, 2.75) is 20.0 Å². The molecule has 0 atom stereocenters. The average molecular weight is 280 g/mol. The summed E-state index contributed by atoms with van der Waals surface area (Å²) in [5.41, 5.74) is 1.35. The molecular formula is C17H16N2O2. The molecule has 3 aromatic rings. The molecule has 1 heterocycles. The van der Waals surface area contributed by atoms with Crippen molar-refractivity contribution < 1.29 is 4.74 Å². The van der Waals surface area contributed by atoms with Gasteiger partial charge in [-0.15, -0.1) is 0 Å². The van der Waals surface area contributed by atoms with Gasteiger partial charge in [-0.25, -0.2) is 5.10 Å². The number of aromatic amines is 1. The van der Waals surface area contributed by atoms with Crippen molar-refractivity contribution in [3.8, 4) is 16.9 Å². The highest BCUT2D eigenvalue weighted by Crippen LogP contribution is 2.32.